The fourth-order valence-corrected chi connectivity index (χ4v) is 3.04. The molecule has 1 aromatic carbocycles. The maximum Gasteiger partial charge on any atom is 0.0721 e. The van der Waals surface area contributed by atoms with E-state index >= 15 is 0 Å². The average Bonchev–Trinajstić information content (AvgIpc) is 2.25. The highest BCUT2D eigenvalue weighted by Gasteiger charge is 2.16. The molecule has 0 saturated carbocycles. The first-order valence-corrected chi connectivity index (χ1v) is 6.70. The first-order valence-electron chi connectivity index (χ1n) is 5.15. The zero-order chi connectivity index (χ0) is 11.5. The van der Waals surface area contributed by atoms with Crippen molar-refractivity contribution < 1.29 is 4.74 Å². The molecule has 0 bridgehead atoms. The van der Waals surface area contributed by atoms with Crippen LogP contribution in [-0.4, -0.2) is 19.3 Å². The summed E-state index contributed by atoms with van der Waals surface area (Å²) in [5.74, 6) is 0. The lowest BCUT2D eigenvalue weighted by atomic mass is 10.1. The van der Waals surface area contributed by atoms with Gasteiger partial charge in [-0.15, -0.1) is 0 Å². The van der Waals surface area contributed by atoms with Crippen LogP contribution in [0.5, 0.6) is 0 Å². The minimum Gasteiger partial charge on any atom is -0.381 e. The zero-order valence-corrected chi connectivity index (χ0v) is 11.7. The van der Waals surface area contributed by atoms with E-state index in [1.54, 1.807) is 0 Å². The number of anilines is 1. The quantitative estimate of drug-likeness (QED) is 0.873. The summed E-state index contributed by atoms with van der Waals surface area (Å²) >= 11 is 15.6. The van der Waals surface area contributed by atoms with Gasteiger partial charge in [-0.05, 0) is 25.0 Å². The standard InChI is InChI=1S/C11H12BrCl2NO/c12-7-5-9(13)11(10(14)6-7)15-8-1-3-16-4-2-8/h5-6,8,15H,1-4H2. The molecule has 0 radical (unpaired) electrons. The van der Waals surface area contributed by atoms with Gasteiger partial charge in [0.25, 0.3) is 0 Å². The Hall–Kier alpha value is 0.0400. The Balaban J connectivity index is 2.14. The van der Waals surface area contributed by atoms with Gasteiger partial charge in [0.05, 0.1) is 15.7 Å². The third-order valence-electron chi connectivity index (χ3n) is 2.58. The van der Waals surface area contributed by atoms with E-state index in [0.29, 0.717) is 16.1 Å². The maximum atomic E-state index is 6.15. The molecule has 1 aliphatic rings. The van der Waals surface area contributed by atoms with Crippen LogP contribution >= 0.6 is 39.1 Å². The molecule has 5 heteroatoms. The van der Waals surface area contributed by atoms with Crippen LogP contribution in [0.15, 0.2) is 16.6 Å². The molecule has 1 heterocycles. The van der Waals surface area contributed by atoms with Crippen molar-refractivity contribution in [3.8, 4) is 0 Å². The predicted octanol–water partition coefficient (Wildman–Crippen LogP) is 4.35. The monoisotopic (exact) mass is 323 g/mol. The molecule has 1 fully saturated rings. The van der Waals surface area contributed by atoms with E-state index in [1.165, 1.54) is 0 Å². The number of ether oxygens (including phenoxy) is 1. The SMILES string of the molecule is Clc1cc(Br)cc(Cl)c1NC1CCOCC1. The van der Waals surface area contributed by atoms with Crippen LogP contribution in [0.3, 0.4) is 0 Å². The highest BCUT2D eigenvalue weighted by atomic mass is 79.9. The Bertz CT molecular complexity index is 357. The van der Waals surface area contributed by atoms with Crippen molar-refractivity contribution in [3.63, 3.8) is 0 Å². The second-order valence-electron chi connectivity index (χ2n) is 3.78. The Labute approximate surface area is 113 Å². The molecular weight excluding hydrogens is 313 g/mol. The summed E-state index contributed by atoms with van der Waals surface area (Å²) in [5.41, 5.74) is 0.818. The Morgan fingerprint density at radius 2 is 1.75 bits per heavy atom. The summed E-state index contributed by atoms with van der Waals surface area (Å²) in [6.07, 6.45) is 1.98. The highest BCUT2D eigenvalue weighted by molar-refractivity contribution is 9.10. The number of rotatable bonds is 2. The molecule has 0 spiro atoms. The molecule has 1 saturated heterocycles. The van der Waals surface area contributed by atoms with Gasteiger partial charge in [0.15, 0.2) is 0 Å². The first kappa shape index (κ1) is 12.5. The minimum absolute atomic E-state index is 0.393. The summed E-state index contributed by atoms with van der Waals surface area (Å²) in [7, 11) is 0. The van der Waals surface area contributed by atoms with Crippen LogP contribution < -0.4 is 5.32 Å². The lowest BCUT2D eigenvalue weighted by Gasteiger charge is -2.25. The average molecular weight is 325 g/mol. The lowest BCUT2D eigenvalue weighted by molar-refractivity contribution is 0.0904. The normalized spacial score (nSPS) is 17.4. The van der Waals surface area contributed by atoms with Crippen molar-refractivity contribution in [2.24, 2.45) is 0 Å². The van der Waals surface area contributed by atoms with E-state index in [-0.39, 0.29) is 0 Å². The van der Waals surface area contributed by atoms with E-state index in [1.807, 2.05) is 12.1 Å². The van der Waals surface area contributed by atoms with Crippen molar-refractivity contribution in [2.75, 3.05) is 18.5 Å². The molecule has 0 aliphatic carbocycles. The van der Waals surface area contributed by atoms with Crippen LogP contribution in [0.25, 0.3) is 0 Å². The highest BCUT2D eigenvalue weighted by Crippen LogP contribution is 2.34. The van der Waals surface area contributed by atoms with Gasteiger partial charge in [0, 0.05) is 23.7 Å². The second kappa shape index (κ2) is 5.58. The molecule has 2 rings (SSSR count). The van der Waals surface area contributed by atoms with Crippen molar-refractivity contribution >= 4 is 44.8 Å². The van der Waals surface area contributed by atoms with Crippen molar-refractivity contribution in [1.82, 2.24) is 0 Å². The number of hydrogen-bond acceptors (Lipinski definition) is 2. The Morgan fingerprint density at radius 1 is 1.19 bits per heavy atom. The number of benzene rings is 1. The Kier molecular flexibility index (Phi) is 4.36. The molecule has 0 amide bonds. The molecule has 16 heavy (non-hydrogen) atoms. The van der Waals surface area contributed by atoms with Gasteiger partial charge in [-0.25, -0.2) is 0 Å². The van der Waals surface area contributed by atoms with E-state index in [2.05, 4.69) is 21.2 Å². The number of halogens is 3. The van der Waals surface area contributed by atoms with Gasteiger partial charge in [0.2, 0.25) is 0 Å². The lowest BCUT2D eigenvalue weighted by Crippen LogP contribution is -2.28. The van der Waals surface area contributed by atoms with E-state index in [9.17, 15) is 0 Å². The zero-order valence-electron chi connectivity index (χ0n) is 8.60. The van der Waals surface area contributed by atoms with Crippen molar-refractivity contribution in [1.29, 1.82) is 0 Å². The van der Waals surface area contributed by atoms with E-state index in [4.69, 9.17) is 27.9 Å². The molecular formula is C11H12BrCl2NO. The van der Waals surface area contributed by atoms with Crippen LogP contribution in [0.4, 0.5) is 5.69 Å². The van der Waals surface area contributed by atoms with Crippen molar-refractivity contribution in [2.45, 2.75) is 18.9 Å². The van der Waals surface area contributed by atoms with E-state index in [0.717, 1.165) is 36.2 Å². The van der Waals surface area contributed by atoms with Gasteiger partial charge in [-0.2, -0.15) is 0 Å². The molecule has 2 nitrogen and oxygen atoms in total. The summed E-state index contributed by atoms with van der Waals surface area (Å²) in [6.45, 7) is 1.59. The smallest absolute Gasteiger partial charge is 0.0721 e. The molecule has 1 aromatic rings. The molecule has 0 atom stereocenters. The van der Waals surface area contributed by atoms with Gasteiger partial charge >= 0.3 is 0 Å². The third kappa shape index (κ3) is 3.04. The molecule has 0 unspecified atom stereocenters. The van der Waals surface area contributed by atoms with E-state index < -0.39 is 0 Å². The van der Waals surface area contributed by atoms with Gasteiger partial charge in [-0.3, -0.25) is 0 Å². The second-order valence-corrected chi connectivity index (χ2v) is 5.51. The molecule has 0 aromatic heterocycles. The summed E-state index contributed by atoms with van der Waals surface area (Å²) < 4.78 is 6.19. The number of hydrogen-bond donors (Lipinski definition) is 1. The van der Waals surface area contributed by atoms with Crippen LogP contribution in [-0.2, 0) is 4.74 Å². The van der Waals surface area contributed by atoms with Crippen LogP contribution in [0.1, 0.15) is 12.8 Å². The summed E-state index contributed by atoms with van der Waals surface area (Å²) in [6, 6.07) is 4.08. The fourth-order valence-electron chi connectivity index (χ4n) is 1.73. The molecule has 1 N–H and O–H groups in total. The number of nitrogens with one attached hydrogen (secondary N) is 1. The summed E-state index contributed by atoms with van der Waals surface area (Å²) in [4.78, 5) is 0. The van der Waals surface area contributed by atoms with Crippen molar-refractivity contribution in [3.05, 3.63) is 26.7 Å². The van der Waals surface area contributed by atoms with Gasteiger partial charge in [-0.1, -0.05) is 39.1 Å². The van der Waals surface area contributed by atoms with Gasteiger partial charge in [0.1, 0.15) is 0 Å². The van der Waals surface area contributed by atoms with Gasteiger partial charge < -0.3 is 10.1 Å². The topological polar surface area (TPSA) is 21.3 Å². The maximum absolute atomic E-state index is 6.15. The first-order chi connectivity index (χ1) is 7.66. The van der Waals surface area contributed by atoms with Crippen LogP contribution in [0.2, 0.25) is 10.0 Å². The predicted molar refractivity (Wildman–Crippen MR) is 71.6 cm³/mol. The molecule has 88 valence electrons. The summed E-state index contributed by atoms with van der Waals surface area (Å²) in [5, 5.41) is 4.67. The third-order valence-corrected chi connectivity index (χ3v) is 3.63. The largest absolute Gasteiger partial charge is 0.381 e. The van der Waals surface area contributed by atoms with Crippen LogP contribution in [0, 0.1) is 0 Å². The Morgan fingerprint density at radius 3 is 2.31 bits per heavy atom. The minimum atomic E-state index is 0.393. The fraction of sp³-hybridized carbons (Fsp3) is 0.455. The molecule has 1 aliphatic heterocycles.